The molecule has 0 unspecified atom stereocenters. The van der Waals surface area contributed by atoms with Crippen LogP contribution in [-0.4, -0.2) is 13.7 Å². The first kappa shape index (κ1) is 14.9. The molecule has 2 nitrogen and oxygen atoms in total. The van der Waals surface area contributed by atoms with E-state index in [4.69, 9.17) is 16.3 Å². The fraction of sp³-hybridized carbons (Fsp3) is 0.294. The fourth-order valence-corrected chi connectivity index (χ4v) is 2.37. The van der Waals surface area contributed by atoms with Crippen molar-refractivity contribution in [1.29, 1.82) is 0 Å². The first-order valence-corrected chi connectivity index (χ1v) is 7.15. The molecule has 0 aliphatic rings. The minimum Gasteiger partial charge on any atom is -0.497 e. The predicted octanol–water partition coefficient (Wildman–Crippen LogP) is 3.99. The Labute approximate surface area is 125 Å². The first-order chi connectivity index (χ1) is 9.69. The second-order valence-corrected chi connectivity index (χ2v) is 5.29. The summed E-state index contributed by atoms with van der Waals surface area (Å²) < 4.78 is 5.22. The molecule has 1 N–H and O–H groups in total. The smallest absolute Gasteiger partial charge is 0.119 e. The fourth-order valence-electron chi connectivity index (χ4n) is 2.14. The highest BCUT2D eigenvalue weighted by molar-refractivity contribution is 6.30. The zero-order valence-corrected chi connectivity index (χ0v) is 12.7. The van der Waals surface area contributed by atoms with Gasteiger partial charge >= 0.3 is 0 Å². The van der Waals surface area contributed by atoms with E-state index in [2.05, 4.69) is 30.4 Å². The van der Waals surface area contributed by atoms with Crippen molar-refractivity contribution in [3.05, 3.63) is 64.2 Å². The van der Waals surface area contributed by atoms with Gasteiger partial charge in [0.1, 0.15) is 5.75 Å². The number of hydrogen-bond donors (Lipinski definition) is 1. The van der Waals surface area contributed by atoms with E-state index in [0.717, 1.165) is 30.3 Å². The SMILES string of the molecule is COc1cccc(CCNCc2ccc(Cl)cc2C)c1. The van der Waals surface area contributed by atoms with Crippen LogP contribution in [0.3, 0.4) is 0 Å². The van der Waals surface area contributed by atoms with E-state index >= 15 is 0 Å². The molecule has 0 bridgehead atoms. The molecule has 0 aromatic heterocycles. The van der Waals surface area contributed by atoms with Crippen LogP contribution >= 0.6 is 11.6 Å². The number of hydrogen-bond acceptors (Lipinski definition) is 2. The van der Waals surface area contributed by atoms with Gasteiger partial charge in [-0.2, -0.15) is 0 Å². The number of nitrogens with one attached hydrogen (secondary N) is 1. The Balaban J connectivity index is 1.81. The molecule has 2 aromatic carbocycles. The van der Waals surface area contributed by atoms with Crippen molar-refractivity contribution >= 4 is 11.6 Å². The van der Waals surface area contributed by atoms with E-state index in [1.807, 2.05) is 24.3 Å². The molecular weight excluding hydrogens is 270 g/mol. The standard InChI is InChI=1S/C17H20ClNO/c1-13-10-16(18)7-6-15(13)12-19-9-8-14-4-3-5-17(11-14)20-2/h3-7,10-11,19H,8-9,12H2,1-2H3. The van der Waals surface area contributed by atoms with E-state index in [-0.39, 0.29) is 0 Å². The van der Waals surface area contributed by atoms with Gasteiger partial charge in [0, 0.05) is 11.6 Å². The lowest BCUT2D eigenvalue weighted by Gasteiger charge is -2.09. The zero-order chi connectivity index (χ0) is 14.4. The highest BCUT2D eigenvalue weighted by Crippen LogP contribution is 2.15. The van der Waals surface area contributed by atoms with Crippen LogP contribution < -0.4 is 10.1 Å². The number of halogens is 1. The maximum atomic E-state index is 5.95. The van der Waals surface area contributed by atoms with E-state index in [0.29, 0.717) is 0 Å². The van der Waals surface area contributed by atoms with Gasteiger partial charge in [-0.15, -0.1) is 0 Å². The average molecular weight is 290 g/mol. The minimum absolute atomic E-state index is 0.794. The van der Waals surface area contributed by atoms with E-state index in [1.165, 1.54) is 16.7 Å². The molecule has 0 fully saturated rings. The van der Waals surface area contributed by atoms with Gasteiger partial charge in [0.2, 0.25) is 0 Å². The van der Waals surface area contributed by atoms with Crippen LogP contribution in [0.25, 0.3) is 0 Å². The third kappa shape index (κ3) is 4.26. The Morgan fingerprint density at radius 2 is 2.00 bits per heavy atom. The quantitative estimate of drug-likeness (QED) is 0.812. The zero-order valence-electron chi connectivity index (χ0n) is 11.9. The number of ether oxygens (including phenoxy) is 1. The van der Waals surface area contributed by atoms with Crippen LogP contribution in [0.5, 0.6) is 5.75 Å². The van der Waals surface area contributed by atoms with Crippen molar-refractivity contribution < 1.29 is 4.74 Å². The van der Waals surface area contributed by atoms with Crippen LogP contribution in [0, 0.1) is 6.92 Å². The summed E-state index contributed by atoms with van der Waals surface area (Å²) in [6.07, 6.45) is 0.990. The van der Waals surface area contributed by atoms with Crippen molar-refractivity contribution in [2.45, 2.75) is 19.9 Å². The maximum Gasteiger partial charge on any atom is 0.119 e. The molecule has 0 saturated heterocycles. The van der Waals surface area contributed by atoms with E-state index in [1.54, 1.807) is 7.11 Å². The third-order valence-corrected chi connectivity index (χ3v) is 3.58. The Hall–Kier alpha value is -1.51. The van der Waals surface area contributed by atoms with Gasteiger partial charge < -0.3 is 10.1 Å². The highest BCUT2D eigenvalue weighted by Gasteiger charge is 2.00. The summed E-state index contributed by atoms with van der Waals surface area (Å²) in [5.74, 6) is 0.913. The van der Waals surface area contributed by atoms with Crippen LogP contribution in [-0.2, 0) is 13.0 Å². The van der Waals surface area contributed by atoms with Crippen LogP contribution in [0.1, 0.15) is 16.7 Å². The number of aryl methyl sites for hydroxylation is 1. The molecule has 0 aliphatic heterocycles. The van der Waals surface area contributed by atoms with Gasteiger partial charge in [0.05, 0.1) is 7.11 Å². The molecule has 20 heavy (non-hydrogen) atoms. The molecule has 0 aliphatic carbocycles. The molecule has 2 aromatic rings. The number of rotatable bonds is 6. The summed E-state index contributed by atoms with van der Waals surface area (Å²) in [5, 5.41) is 4.26. The van der Waals surface area contributed by atoms with Gasteiger partial charge in [-0.1, -0.05) is 29.8 Å². The molecule has 0 radical (unpaired) electrons. The molecule has 0 spiro atoms. The normalized spacial score (nSPS) is 10.6. The summed E-state index contributed by atoms with van der Waals surface area (Å²) in [5.41, 5.74) is 3.80. The maximum absolute atomic E-state index is 5.95. The highest BCUT2D eigenvalue weighted by atomic mass is 35.5. The van der Waals surface area contributed by atoms with Gasteiger partial charge in [-0.3, -0.25) is 0 Å². The van der Waals surface area contributed by atoms with Crippen molar-refractivity contribution in [2.75, 3.05) is 13.7 Å². The van der Waals surface area contributed by atoms with E-state index < -0.39 is 0 Å². The molecule has 106 valence electrons. The third-order valence-electron chi connectivity index (χ3n) is 3.34. The molecule has 0 heterocycles. The summed E-state index contributed by atoms with van der Waals surface area (Å²) in [4.78, 5) is 0. The summed E-state index contributed by atoms with van der Waals surface area (Å²) >= 11 is 5.95. The van der Waals surface area contributed by atoms with Gasteiger partial charge in [0.25, 0.3) is 0 Å². The second-order valence-electron chi connectivity index (χ2n) is 4.85. The number of benzene rings is 2. The first-order valence-electron chi connectivity index (χ1n) is 6.77. The number of methoxy groups -OCH3 is 1. The Bertz CT molecular complexity index is 569. The van der Waals surface area contributed by atoms with Crippen LogP contribution in [0.4, 0.5) is 0 Å². The van der Waals surface area contributed by atoms with Crippen LogP contribution in [0.2, 0.25) is 5.02 Å². The minimum atomic E-state index is 0.794. The average Bonchev–Trinajstić information content (AvgIpc) is 2.45. The monoisotopic (exact) mass is 289 g/mol. The Morgan fingerprint density at radius 3 is 2.75 bits per heavy atom. The summed E-state index contributed by atoms with van der Waals surface area (Å²) in [6.45, 7) is 3.90. The Morgan fingerprint density at radius 1 is 1.15 bits per heavy atom. The van der Waals surface area contributed by atoms with Crippen molar-refractivity contribution in [3.63, 3.8) is 0 Å². The van der Waals surface area contributed by atoms with Crippen molar-refractivity contribution in [1.82, 2.24) is 5.32 Å². The molecule has 2 rings (SSSR count). The topological polar surface area (TPSA) is 21.3 Å². The van der Waals surface area contributed by atoms with E-state index in [9.17, 15) is 0 Å². The van der Waals surface area contributed by atoms with Gasteiger partial charge in [-0.25, -0.2) is 0 Å². The molecule has 0 atom stereocenters. The lowest BCUT2D eigenvalue weighted by molar-refractivity contribution is 0.414. The Kier molecular flexibility index (Phi) is 5.45. The van der Waals surface area contributed by atoms with Crippen molar-refractivity contribution in [2.24, 2.45) is 0 Å². The second kappa shape index (κ2) is 7.32. The lowest BCUT2D eigenvalue weighted by atomic mass is 10.1. The van der Waals surface area contributed by atoms with Crippen molar-refractivity contribution in [3.8, 4) is 5.75 Å². The lowest BCUT2D eigenvalue weighted by Crippen LogP contribution is -2.17. The molecule has 3 heteroatoms. The van der Waals surface area contributed by atoms with Gasteiger partial charge in [-0.05, 0) is 60.8 Å². The molecular formula is C17H20ClNO. The summed E-state index contributed by atoms with van der Waals surface area (Å²) in [7, 11) is 1.70. The largest absolute Gasteiger partial charge is 0.497 e. The summed E-state index contributed by atoms with van der Waals surface area (Å²) in [6, 6.07) is 14.2. The van der Waals surface area contributed by atoms with Crippen LogP contribution in [0.15, 0.2) is 42.5 Å². The predicted molar refractivity (Wildman–Crippen MR) is 84.6 cm³/mol. The molecule has 0 saturated carbocycles. The molecule has 0 amide bonds. The van der Waals surface area contributed by atoms with Gasteiger partial charge in [0.15, 0.2) is 0 Å².